The van der Waals surface area contributed by atoms with Crippen molar-refractivity contribution in [1.29, 1.82) is 0 Å². The number of esters is 1. The Bertz CT molecular complexity index is 1860. The fourth-order valence-corrected chi connectivity index (χ4v) is 5.55. The second-order valence-corrected chi connectivity index (χ2v) is 11.2. The second kappa shape index (κ2) is 14.0. The van der Waals surface area contributed by atoms with Crippen LogP contribution in [0.2, 0.25) is 0 Å². The summed E-state index contributed by atoms with van der Waals surface area (Å²) >= 11 is 1.20. The smallest absolute Gasteiger partial charge is 0.454 e. The molecule has 2 N–H and O–H groups in total. The lowest BCUT2D eigenvalue weighted by atomic mass is 10.1. The molecule has 14 heteroatoms. The Labute approximate surface area is 266 Å². The minimum atomic E-state index is -3.91. The Balaban J connectivity index is 1.36. The van der Waals surface area contributed by atoms with Crippen molar-refractivity contribution >= 4 is 40.4 Å². The number of hydrogen-bond acceptors (Lipinski definition) is 9. The summed E-state index contributed by atoms with van der Waals surface area (Å²) in [6.07, 6.45) is -1.63. The quantitative estimate of drug-likeness (QED) is 0.126. The number of fused-ring (bicyclic) bond motifs is 2. The molecule has 46 heavy (non-hydrogen) atoms. The highest BCUT2D eigenvalue weighted by Gasteiger charge is 2.44. The van der Waals surface area contributed by atoms with Crippen LogP contribution in [0, 0.1) is 6.92 Å². The van der Waals surface area contributed by atoms with Crippen LogP contribution in [0.4, 0.5) is 8.78 Å². The fourth-order valence-electron chi connectivity index (χ4n) is 4.75. The molecule has 0 spiro atoms. The van der Waals surface area contributed by atoms with Crippen LogP contribution in [-0.2, 0) is 22.6 Å². The van der Waals surface area contributed by atoms with Crippen LogP contribution in [0.5, 0.6) is 11.5 Å². The Morgan fingerprint density at radius 1 is 1.00 bits per heavy atom. The third-order valence-electron chi connectivity index (χ3n) is 6.88. The number of halogens is 2. The maximum absolute atomic E-state index is 13.9. The number of aromatic nitrogens is 2. The number of benzene rings is 2. The third-order valence-corrected chi connectivity index (χ3v) is 7.79. The van der Waals surface area contributed by atoms with Crippen molar-refractivity contribution in [3.05, 3.63) is 93.5 Å². The predicted molar refractivity (Wildman–Crippen MR) is 165 cm³/mol. The molecule has 11 nitrogen and oxygen atoms in total. The minimum Gasteiger partial charge on any atom is -0.454 e. The lowest BCUT2D eigenvalue weighted by molar-refractivity contribution is -0.286. The highest BCUT2D eigenvalue weighted by atomic mass is 32.2. The number of nitrogens with zero attached hydrogens (tertiary/aromatic N) is 2. The van der Waals surface area contributed by atoms with Gasteiger partial charge in [-0.2, -0.15) is 0 Å². The molecule has 2 aromatic carbocycles. The average Bonchev–Trinajstić information content (AvgIpc) is 3.33. The molecule has 2 aromatic heterocycles. The maximum Gasteiger partial charge on any atom is 0.586 e. The van der Waals surface area contributed by atoms with Crippen LogP contribution in [0.3, 0.4) is 0 Å². The molecule has 0 aliphatic carbocycles. The Morgan fingerprint density at radius 3 is 2.50 bits per heavy atom. The molecule has 1 aliphatic heterocycles. The first-order valence-electron chi connectivity index (χ1n) is 14.4. The van der Waals surface area contributed by atoms with Gasteiger partial charge in [-0.15, -0.1) is 8.78 Å². The number of nitrogens with one attached hydrogen (secondary N) is 2. The van der Waals surface area contributed by atoms with Gasteiger partial charge in [0.15, 0.2) is 11.5 Å². The van der Waals surface area contributed by atoms with Crippen molar-refractivity contribution in [2.75, 3.05) is 12.5 Å². The number of amides is 2. The van der Waals surface area contributed by atoms with Crippen molar-refractivity contribution in [2.45, 2.75) is 51.0 Å². The van der Waals surface area contributed by atoms with E-state index in [-0.39, 0.29) is 59.5 Å². The van der Waals surface area contributed by atoms with Gasteiger partial charge in [0.2, 0.25) is 5.43 Å². The number of ether oxygens (including phenoxy) is 3. The van der Waals surface area contributed by atoms with E-state index < -0.39 is 23.5 Å². The number of rotatable bonds is 12. The Morgan fingerprint density at radius 2 is 1.74 bits per heavy atom. The maximum atomic E-state index is 13.9. The summed E-state index contributed by atoms with van der Waals surface area (Å²) in [6.45, 7) is 3.83. The lowest BCUT2D eigenvalue weighted by Crippen LogP contribution is -2.31. The van der Waals surface area contributed by atoms with E-state index in [1.165, 1.54) is 28.6 Å². The first-order valence-corrected chi connectivity index (χ1v) is 15.4. The van der Waals surface area contributed by atoms with Crippen molar-refractivity contribution in [3.63, 3.8) is 0 Å². The van der Waals surface area contributed by atoms with Gasteiger partial charge in [-0.1, -0.05) is 36.9 Å². The topological polar surface area (TPSA) is 138 Å². The molecule has 0 fully saturated rings. The molecule has 0 radical (unpaired) electrons. The van der Waals surface area contributed by atoms with Gasteiger partial charge >= 0.3 is 12.3 Å². The zero-order chi connectivity index (χ0) is 32.8. The van der Waals surface area contributed by atoms with Gasteiger partial charge in [0.25, 0.3) is 11.8 Å². The molecule has 0 unspecified atom stereocenters. The van der Waals surface area contributed by atoms with E-state index in [0.29, 0.717) is 29.0 Å². The summed E-state index contributed by atoms with van der Waals surface area (Å²) in [6, 6.07) is 14.5. The second-order valence-electron chi connectivity index (χ2n) is 10.3. The molecule has 0 bridgehead atoms. The number of hydrogen-bond donors (Lipinski definition) is 2. The molecule has 5 rings (SSSR count). The van der Waals surface area contributed by atoms with E-state index in [1.807, 2.05) is 19.9 Å². The van der Waals surface area contributed by atoms with Crippen molar-refractivity contribution in [3.8, 4) is 11.5 Å². The van der Waals surface area contributed by atoms with E-state index in [1.54, 1.807) is 36.4 Å². The van der Waals surface area contributed by atoms with Gasteiger partial charge in [-0.25, -0.2) is 0 Å². The van der Waals surface area contributed by atoms with E-state index in [4.69, 9.17) is 4.74 Å². The number of aryl methyl sites for hydroxylation is 1. The van der Waals surface area contributed by atoms with Gasteiger partial charge < -0.3 is 29.4 Å². The summed E-state index contributed by atoms with van der Waals surface area (Å²) in [5.41, 5.74) is 0.959. The van der Waals surface area contributed by atoms with E-state index in [9.17, 15) is 28.0 Å². The van der Waals surface area contributed by atoms with Gasteiger partial charge in [0.1, 0.15) is 11.5 Å². The third kappa shape index (κ3) is 7.62. The number of carbonyl (C=O) groups is 3. The molecule has 2 amide bonds. The van der Waals surface area contributed by atoms with Gasteiger partial charge in [0.05, 0.1) is 28.7 Å². The molecule has 0 saturated carbocycles. The predicted octanol–water partition coefficient (Wildman–Crippen LogP) is 4.78. The van der Waals surface area contributed by atoms with E-state index >= 15 is 0 Å². The van der Waals surface area contributed by atoms with E-state index in [0.717, 1.165) is 11.8 Å². The Hall–Kier alpha value is -4.98. The first-order chi connectivity index (χ1) is 22.0. The van der Waals surface area contributed by atoms with Gasteiger partial charge in [-0.3, -0.25) is 24.2 Å². The van der Waals surface area contributed by atoms with Crippen LogP contribution < -0.4 is 25.5 Å². The lowest BCUT2D eigenvalue weighted by Gasteiger charge is -2.15. The largest absolute Gasteiger partial charge is 0.586 e. The highest BCUT2D eigenvalue weighted by Crippen LogP contribution is 2.42. The van der Waals surface area contributed by atoms with Crippen molar-refractivity contribution in [1.82, 2.24) is 20.2 Å². The SMILES string of the molecule is CCCC(=O)OCSc1ccccc1C(=O)NCCn1cc(C(=O)NCc2cccc(C)n2)c(=O)c2cc3c(cc21)OC(F)(F)O3. The average molecular weight is 653 g/mol. The normalized spacial score (nSPS) is 13.0. The van der Waals surface area contributed by atoms with Crippen LogP contribution in [0.25, 0.3) is 10.9 Å². The standard InChI is InChI=1S/C32H30F2N4O7S/c1-3-7-28(39)43-18-46-27-11-5-4-10-21(27)30(41)35-12-13-38-17-23(31(42)36-16-20-9-6-8-19(2)37-20)29(40)22-14-25-26(15-24(22)38)45-32(33,34)44-25/h4-6,8-11,14-15,17H,3,7,12-13,16,18H2,1-2H3,(H,35,41)(H,36,42). The molecular weight excluding hydrogens is 622 g/mol. The summed E-state index contributed by atoms with van der Waals surface area (Å²) < 4.78 is 43.5. The van der Waals surface area contributed by atoms with Crippen LogP contribution >= 0.6 is 11.8 Å². The molecule has 0 atom stereocenters. The summed E-state index contributed by atoms with van der Waals surface area (Å²) in [5.74, 6) is -1.99. The number of carbonyl (C=O) groups excluding carboxylic acids is 3. The molecule has 4 aromatic rings. The van der Waals surface area contributed by atoms with Crippen LogP contribution in [-0.4, -0.2) is 46.1 Å². The van der Waals surface area contributed by atoms with Crippen molar-refractivity contribution in [2.24, 2.45) is 0 Å². The summed E-state index contributed by atoms with van der Waals surface area (Å²) in [7, 11) is 0. The molecule has 3 heterocycles. The van der Waals surface area contributed by atoms with Crippen LogP contribution in [0.1, 0.15) is 51.9 Å². The van der Waals surface area contributed by atoms with E-state index in [2.05, 4.69) is 25.1 Å². The number of thioether (sulfide) groups is 1. The van der Waals surface area contributed by atoms with Crippen molar-refractivity contribution < 1.29 is 37.4 Å². The molecule has 0 saturated heterocycles. The zero-order valence-electron chi connectivity index (χ0n) is 24.9. The monoisotopic (exact) mass is 652 g/mol. The van der Waals surface area contributed by atoms with Crippen LogP contribution in [0.15, 0.2) is 70.5 Å². The Kier molecular flexibility index (Phi) is 9.85. The fraction of sp³-hybridized carbons (Fsp3) is 0.281. The summed E-state index contributed by atoms with van der Waals surface area (Å²) in [5, 5.41) is 5.44. The highest BCUT2D eigenvalue weighted by molar-refractivity contribution is 7.99. The molecule has 1 aliphatic rings. The van der Waals surface area contributed by atoms with Gasteiger partial charge in [-0.05, 0) is 43.7 Å². The molecule has 240 valence electrons. The summed E-state index contributed by atoms with van der Waals surface area (Å²) in [4.78, 5) is 56.4. The molecular formula is C32H30F2N4O7S. The van der Waals surface area contributed by atoms with Gasteiger partial charge in [0, 0.05) is 42.4 Å². The number of pyridine rings is 2. The number of alkyl halides is 2. The first kappa shape index (κ1) is 32.4. The zero-order valence-corrected chi connectivity index (χ0v) is 25.7. The minimum absolute atomic E-state index is 0.0418.